The number of rotatable bonds is 5. The van der Waals surface area contributed by atoms with Crippen molar-refractivity contribution in [3.63, 3.8) is 0 Å². The Morgan fingerprint density at radius 1 is 1.21 bits per heavy atom. The van der Waals surface area contributed by atoms with Crippen LogP contribution in [0.2, 0.25) is 0 Å². The van der Waals surface area contributed by atoms with Gasteiger partial charge in [0, 0.05) is 10.6 Å². The number of benzene rings is 1. The van der Waals surface area contributed by atoms with Crippen molar-refractivity contribution in [2.45, 2.75) is 26.9 Å². The fourth-order valence-electron chi connectivity index (χ4n) is 2.64. The minimum Gasteiger partial charge on any atom is -0.347 e. The van der Waals surface area contributed by atoms with Gasteiger partial charge in [0.05, 0.1) is 28.1 Å². The van der Waals surface area contributed by atoms with Crippen LogP contribution >= 0.6 is 27.3 Å². The molecule has 0 aliphatic rings. The van der Waals surface area contributed by atoms with Crippen LogP contribution in [0.15, 0.2) is 46.3 Å². The van der Waals surface area contributed by atoms with Gasteiger partial charge in [-0.05, 0) is 47.5 Å². The van der Waals surface area contributed by atoms with Crippen molar-refractivity contribution in [3.8, 4) is 0 Å². The van der Waals surface area contributed by atoms with Crippen LogP contribution in [-0.2, 0) is 13.1 Å². The van der Waals surface area contributed by atoms with E-state index < -0.39 is 0 Å². The summed E-state index contributed by atoms with van der Waals surface area (Å²) in [7, 11) is 0. The lowest BCUT2D eigenvalue weighted by Crippen LogP contribution is -2.23. The highest BCUT2D eigenvalue weighted by molar-refractivity contribution is 9.11. The van der Waals surface area contributed by atoms with Crippen molar-refractivity contribution in [2.24, 2.45) is 0 Å². The number of thiophene rings is 1. The molecule has 0 fully saturated rings. The fourth-order valence-corrected chi connectivity index (χ4v) is 4.06. The minimum absolute atomic E-state index is 0.0752. The first-order chi connectivity index (χ1) is 11.5. The molecule has 0 saturated carbocycles. The fraction of sp³-hybridized carbons (Fsp3) is 0.222. The quantitative estimate of drug-likeness (QED) is 0.689. The van der Waals surface area contributed by atoms with Crippen molar-refractivity contribution in [1.82, 2.24) is 15.1 Å². The van der Waals surface area contributed by atoms with Gasteiger partial charge in [-0.25, -0.2) is 0 Å². The Balaban J connectivity index is 1.74. The van der Waals surface area contributed by atoms with Gasteiger partial charge in [-0.15, -0.1) is 11.3 Å². The molecule has 3 rings (SSSR count). The van der Waals surface area contributed by atoms with Crippen molar-refractivity contribution in [1.29, 1.82) is 0 Å². The minimum atomic E-state index is -0.0752. The lowest BCUT2D eigenvalue weighted by molar-refractivity contribution is 0.0950. The Morgan fingerprint density at radius 3 is 2.62 bits per heavy atom. The van der Waals surface area contributed by atoms with Gasteiger partial charge in [0.25, 0.3) is 5.91 Å². The number of aromatic nitrogens is 2. The van der Waals surface area contributed by atoms with Crippen molar-refractivity contribution in [3.05, 3.63) is 73.6 Å². The summed E-state index contributed by atoms with van der Waals surface area (Å²) in [6.07, 6.45) is 0. The predicted octanol–water partition coefficient (Wildman–Crippen LogP) is 4.30. The number of carbonyl (C=O) groups excluding carboxylic acids is 1. The molecule has 3 aromatic rings. The molecule has 24 heavy (non-hydrogen) atoms. The maximum absolute atomic E-state index is 12.6. The number of nitrogens with one attached hydrogen (secondary N) is 1. The normalized spacial score (nSPS) is 10.8. The van der Waals surface area contributed by atoms with Crippen LogP contribution in [0.25, 0.3) is 0 Å². The average Bonchev–Trinajstić information content (AvgIpc) is 3.10. The first-order valence-electron chi connectivity index (χ1n) is 7.65. The van der Waals surface area contributed by atoms with Crippen LogP contribution in [0, 0.1) is 13.8 Å². The zero-order valence-electron chi connectivity index (χ0n) is 13.5. The van der Waals surface area contributed by atoms with Gasteiger partial charge in [-0.1, -0.05) is 30.3 Å². The Hall–Kier alpha value is -1.92. The largest absolute Gasteiger partial charge is 0.347 e. The van der Waals surface area contributed by atoms with E-state index in [-0.39, 0.29) is 5.91 Å². The Kier molecular flexibility index (Phi) is 5.16. The summed E-state index contributed by atoms with van der Waals surface area (Å²) < 4.78 is 2.95. The summed E-state index contributed by atoms with van der Waals surface area (Å²) in [5, 5.41) is 7.52. The van der Waals surface area contributed by atoms with Crippen molar-refractivity contribution < 1.29 is 4.79 Å². The molecular weight excluding hydrogens is 386 g/mol. The molecule has 0 aliphatic carbocycles. The summed E-state index contributed by atoms with van der Waals surface area (Å²) in [5.74, 6) is -0.0752. The molecule has 0 bridgehead atoms. The molecule has 1 N–H and O–H groups in total. The molecule has 2 aromatic heterocycles. The lowest BCUT2D eigenvalue weighted by atomic mass is 10.1. The van der Waals surface area contributed by atoms with Gasteiger partial charge in [0.1, 0.15) is 0 Å². The number of nitrogens with zero attached hydrogens (tertiary/aromatic N) is 2. The average molecular weight is 404 g/mol. The van der Waals surface area contributed by atoms with E-state index >= 15 is 0 Å². The van der Waals surface area contributed by atoms with Gasteiger partial charge >= 0.3 is 0 Å². The first-order valence-corrected chi connectivity index (χ1v) is 9.26. The molecule has 4 nitrogen and oxygen atoms in total. The number of amides is 1. The van der Waals surface area contributed by atoms with Gasteiger partial charge in [0.2, 0.25) is 0 Å². The maximum Gasteiger partial charge on any atom is 0.255 e. The van der Waals surface area contributed by atoms with Crippen LogP contribution < -0.4 is 5.32 Å². The van der Waals surface area contributed by atoms with Gasteiger partial charge < -0.3 is 5.32 Å². The van der Waals surface area contributed by atoms with Crippen LogP contribution in [0.1, 0.15) is 32.2 Å². The molecule has 1 aromatic carbocycles. The highest BCUT2D eigenvalue weighted by Gasteiger charge is 2.18. The number of aryl methyl sites for hydroxylation is 1. The Labute approximate surface area is 153 Å². The second-order valence-corrected chi connectivity index (χ2v) is 8.13. The van der Waals surface area contributed by atoms with Crippen molar-refractivity contribution >= 4 is 33.2 Å². The predicted molar refractivity (Wildman–Crippen MR) is 100 cm³/mol. The van der Waals surface area contributed by atoms with E-state index in [1.807, 2.05) is 48.9 Å². The van der Waals surface area contributed by atoms with Gasteiger partial charge in [-0.2, -0.15) is 5.10 Å². The molecule has 124 valence electrons. The second kappa shape index (κ2) is 7.32. The number of halogens is 1. The second-order valence-electron chi connectivity index (χ2n) is 5.58. The van der Waals surface area contributed by atoms with Gasteiger partial charge in [0.15, 0.2) is 0 Å². The molecule has 0 unspecified atom stereocenters. The highest BCUT2D eigenvalue weighted by Crippen LogP contribution is 2.22. The van der Waals surface area contributed by atoms with E-state index in [9.17, 15) is 4.79 Å². The summed E-state index contributed by atoms with van der Waals surface area (Å²) in [4.78, 5) is 13.7. The van der Waals surface area contributed by atoms with Gasteiger partial charge in [-0.3, -0.25) is 9.48 Å². The third-order valence-corrected chi connectivity index (χ3v) is 5.46. The molecule has 0 radical (unpaired) electrons. The monoisotopic (exact) mass is 403 g/mol. The van der Waals surface area contributed by atoms with E-state index in [4.69, 9.17) is 0 Å². The Bertz CT molecular complexity index is 855. The van der Waals surface area contributed by atoms with Crippen LogP contribution in [-0.4, -0.2) is 15.7 Å². The smallest absolute Gasteiger partial charge is 0.255 e. The third kappa shape index (κ3) is 3.76. The zero-order chi connectivity index (χ0) is 17.1. The summed E-state index contributed by atoms with van der Waals surface area (Å²) >= 11 is 5.06. The SMILES string of the molecule is Cc1nn(Cc2ccccc2)c(C)c1C(=O)NCc1ccc(Br)s1. The summed E-state index contributed by atoms with van der Waals surface area (Å²) in [5.41, 5.74) is 3.48. The van der Waals surface area contributed by atoms with Crippen molar-refractivity contribution in [2.75, 3.05) is 0 Å². The molecule has 0 spiro atoms. The molecule has 2 heterocycles. The number of hydrogen-bond donors (Lipinski definition) is 1. The molecule has 1 amide bonds. The first kappa shape index (κ1) is 16.9. The number of carbonyl (C=O) groups is 1. The number of hydrogen-bond acceptors (Lipinski definition) is 3. The molecule has 0 aliphatic heterocycles. The molecule has 0 saturated heterocycles. The van der Waals surface area contributed by atoms with E-state index in [0.29, 0.717) is 18.7 Å². The summed E-state index contributed by atoms with van der Waals surface area (Å²) in [6.45, 7) is 5.02. The molecular formula is C18H18BrN3OS. The lowest BCUT2D eigenvalue weighted by Gasteiger charge is -2.06. The highest BCUT2D eigenvalue weighted by atomic mass is 79.9. The maximum atomic E-state index is 12.6. The standard InChI is InChI=1S/C18H18BrN3OS/c1-12-17(18(23)20-10-15-8-9-16(19)24-15)13(2)22(21-12)11-14-6-4-3-5-7-14/h3-9H,10-11H2,1-2H3,(H,20,23). The van der Waals surface area contributed by atoms with E-state index in [1.165, 1.54) is 5.56 Å². The third-order valence-electron chi connectivity index (χ3n) is 3.84. The van der Waals surface area contributed by atoms with E-state index in [2.05, 4.69) is 38.5 Å². The van der Waals surface area contributed by atoms with Crippen LogP contribution in [0.5, 0.6) is 0 Å². The topological polar surface area (TPSA) is 46.9 Å². The van der Waals surface area contributed by atoms with Crippen LogP contribution in [0.4, 0.5) is 0 Å². The Morgan fingerprint density at radius 2 is 1.96 bits per heavy atom. The van der Waals surface area contributed by atoms with E-state index in [1.54, 1.807) is 11.3 Å². The molecule has 6 heteroatoms. The summed E-state index contributed by atoms with van der Waals surface area (Å²) in [6, 6.07) is 14.1. The molecule has 0 atom stereocenters. The van der Waals surface area contributed by atoms with Crippen LogP contribution in [0.3, 0.4) is 0 Å². The van der Waals surface area contributed by atoms with E-state index in [0.717, 1.165) is 20.1 Å². The zero-order valence-corrected chi connectivity index (χ0v) is 15.9.